The molecule has 0 unspecified atom stereocenters. The lowest BCUT2D eigenvalue weighted by Crippen LogP contribution is -2.42. The first-order valence-corrected chi connectivity index (χ1v) is 10.8. The van der Waals surface area contributed by atoms with Gasteiger partial charge in [0.1, 0.15) is 5.69 Å². The van der Waals surface area contributed by atoms with Crippen LogP contribution in [0.4, 0.5) is 5.82 Å². The lowest BCUT2D eigenvalue weighted by atomic mass is 9.71. The fourth-order valence-electron chi connectivity index (χ4n) is 5.46. The molecule has 6 heteroatoms. The molecule has 3 aromatic rings. The first-order chi connectivity index (χ1) is 14.1. The number of aryl methyl sites for hydroxylation is 1. The maximum absolute atomic E-state index is 10.0. The topological polar surface area (TPSA) is 77.9 Å². The van der Waals surface area contributed by atoms with E-state index in [0.717, 1.165) is 52.8 Å². The van der Waals surface area contributed by atoms with Crippen LogP contribution >= 0.6 is 0 Å². The predicted molar refractivity (Wildman–Crippen MR) is 115 cm³/mol. The van der Waals surface area contributed by atoms with E-state index < -0.39 is 0 Å². The van der Waals surface area contributed by atoms with Crippen molar-refractivity contribution in [2.45, 2.75) is 52.6 Å². The number of pyridine rings is 1. The molecular weight excluding hydrogens is 362 g/mol. The summed E-state index contributed by atoms with van der Waals surface area (Å²) in [5.74, 6) is 1.68. The molecule has 2 aliphatic rings. The van der Waals surface area contributed by atoms with Gasteiger partial charge in [-0.3, -0.25) is 4.98 Å². The fraction of sp³-hybridized carbons (Fsp3) is 0.522. The Bertz CT molecular complexity index is 1030. The van der Waals surface area contributed by atoms with Gasteiger partial charge in [0, 0.05) is 31.0 Å². The Morgan fingerprint density at radius 2 is 2.07 bits per heavy atom. The van der Waals surface area contributed by atoms with Gasteiger partial charge in [-0.25, -0.2) is 9.97 Å². The van der Waals surface area contributed by atoms with Gasteiger partial charge in [-0.2, -0.15) is 0 Å². The van der Waals surface area contributed by atoms with Crippen LogP contribution in [0.25, 0.3) is 22.3 Å². The summed E-state index contributed by atoms with van der Waals surface area (Å²) in [5.41, 5.74) is 5.68. The Morgan fingerprint density at radius 1 is 1.24 bits per heavy atom. The van der Waals surface area contributed by atoms with E-state index in [-0.39, 0.29) is 6.61 Å². The molecule has 1 aliphatic heterocycles. The number of hydrogen-bond donors (Lipinski definition) is 2. The van der Waals surface area contributed by atoms with E-state index in [2.05, 4.69) is 21.8 Å². The van der Waals surface area contributed by atoms with Crippen LogP contribution in [0.2, 0.25) is 0 Å². The van der Waals surface area contributed by atoms with Crippen molar-refractivity contribution in [2.75, 3.05) is 18.0 Å². The van der Waals surface area contributed by atoms with E-state index >= 15 is 0 Å². The van der Waals surface area contributed by atoms with E-state index in [4.69, 9.17) is 9.97 Å². The van der Waals surface area contributed by atoms with Crippen molar-refractivity contribution in [3.05, 3.63) is 35.9 Å². The number of nitrogens with one attached hydrogen (secondary N) is 1. The minimum absolute atomic E-state index is 0.105. The molecule has 0 bridgehead atoms. The van der Waals surface area contributed by atoms with Crippen molar-refractivity contribution >= 4 is 16.9 Å². The van der Waals surface area contributed by atoms with E-state index in [9.17, 15) is 5.11 Å². The van der Waals surface area contributed by atoms with Gasteiger partial charge in [-0.05, 0) is 49.7 Å². The van der Waals surface area contributed by atoms with Crippen molar-refractivity contribution in [2.24, 2.45) is 11.3 Å². The van der Waals surface area contributed by atoms with E-state index in [0.29, 0.717) is 11.1 Å². The number of nitrogens with zero attached hydrogens (tertiary/aromatic N) is 4. The summed E-state index contributed by atoms with van der Waals surface area (Å²) in [6, 6.07) is 4.00. The predicted octanol–water partition coefficient (Wildman–Crippen LogP) is 4.23. The SMILES string of the molecule is Cc1nc(N2CCC3(CCC[C@H]3C)CC2)c(CO)nc1-c1cnc2cc[nH]c2c1. The van der Waals surface area contributed by atoms with Crippen LogP contribution in [0.1, 0.15) is 50.4 Å². The Labute approximate surface area is 171 Å². The number of piperidine rings is 1. The standard InChI is InChI=1S/C23H29N5O/c1-15-4-3-6-23(15)7-10-28(11-8-23)22-20(14-29)27-21(16(2)26-22)17-12-19-18(25-13-17)5-9-24-19/h5,9,12-13,15,24,29H,3-4,6-8,10-11,14H2,1-2H3/t15-/m1/s1. The summed E-state index contributed by atoms with van der Waals surface area (Å²) in [5, 5.41) is 10.0. The molecule has 1 aliphatic carbocycles. The Balaban J connectivity index is 1.45. The van der Waals surface area contributed by atoms with Crippen LogP contribution in [-0.2, 0) is 6.61 Å². The molecule has 2 N–H and O–H groups in total. The highest BCUT2D eigenvalue weighted by molar-refractivity contribution is 5.80. The number of aromatic amines is 1. The van der Waals surface area contributed by atoms with Crippen molar-refractivity contribution in [3.8, 4) is 11.3 Å². The van der Waals surface area contributed by atoms with Gasteiger partial charge in [0.25, 0.3) is 0 Å². The van der Waals surface area contributed by atoms with Crippen molar-refractivity contribution in [1.29, 1.82) is 0 Å². The number of hydrogen-bond acceptors (Lipinski definition) is 5. The molecule has 1 saturated heterocycles. The first kappa shape index (κ1) is 18.6. The third-order valence-electron chi connectivity index (χ3n) is 7.36. The average molecular weight is 392 g/mol. The second-order valence-electron chi connectivity index (χ2n) is 8.86. The number of aromatic nitrogens is 4. The number of aliphatic hydroxyl groups excluding tert-OH is 1. The third kappa shape index (κ3) is 3.10. The zero-order valence-electron chi connectivity index (χ0n) is 17.3. The van der Waals surface area contributed by atoms with E-state index in [1.807, 2.05) is 31.5 Å². The Hall–Kier alpha value is -2.47. The monoisotopic (exact) mass is 391 g/mol. The number of H-pyrrole nitrogens is 1. The summed E-state index contributed by atoms with van der Waals surface area (Å²) < 4.78 is 0. The third-order valence-corrected chi connectivity index (χ3v) is 7.36. The van der Waals surface area contributed by atoms with Crippen LogP contribution in [0.3, 0.4) is 0 Å². The van der Waals surface area contributed by atoms with Gasteiger partial charge in [-0.1, -0.05) is 19.8 Å². The summed E-state index contributed by atoms with van der Waals surface area (Å²) >= 11 is 0. The highest BCUT2D eigenvalue weighted by Gasteiger charge is 2.42. The summed E-state index contributed by atoms with van der Waals surface area (Å²) in [6.45, 7) is 6.32. The summed E-state index contributed by atoms with van der Waals surface area (Å²) in [4.78, 5) is 19.8. The zero-order chi connectivity index (χ0) is 20.0. The van der Waals surface area contributed by atoms with Gasteiger partial charge >= 0.3 is 0 Å². The molecule has 152 valence electrons. The van der Waals surface area contributed by atoms with Crippen LogP contribution in [-0.4, -0.2) is 38.1 Å². The smallest absolute Gasteiger partial charge is 0.153 e. The normalized spacial score (nSPS) is 21.3. The number of aliphatic hydroxyl groups is 1. The second kappa shape index (κ2) is 7.10. The minimum atomic E-state index is -0.105. The molecule has 5 rings (SSSR count). The molecule has 0 amide bonds. The largest absolute Gasteiger partial charge is 0.390 e. The Morgan fingerprint density at radius 3 is 2.79 bits per heavy atom. The number of fused-ring (bicyclic) bond motifs is 1. The maximum atomic E-state index is 10.0. The first-order valence-electron chi connectivity index (χ1n) is 10.8. The van der Waals surface area contributed by atoms with Gasteiger partial charge in [0.2, 0.25) is 0 Å². The van der Waals surface area contributed by atoms with Crippen LogP contribution < -0.4 is 4.90 Å². The molecule has 1 atom stereocenters. The van der Waals surface area contributed by atoms with Gasteiger partial charge in [0.05, 0.1) is 29.0 Å². The lowest BCUT2D eigenvalue weighted by molar-refractivity contribution is 0.161. The highest BCUT2D eigenvalue weighted by atomic mass is 16.3. The summed E-state index contributed by atoms with van der Waals surface area (Å²) in [7, 11) is 0. The van der Waals surface area contributed by atoms with Gasteiger partial charge < -0.3 is 15.0 Å². The van der Waals surface area contributed by atoms with Crippen molar-refractivity contribution < 1.29 is 5.11 Å². The molecule has 3 aromatic heterocycles. The van der Waals surface area contributed by atoms with Crippen molar-refractivity contribution in [1.82, 2.24) is 19.9 Å². The second-order valence-corrected chi connectivity index (χ2v) is 8.86. The highest BCUT2D eigenvalue weighted by Crippen LogP contribution is 2.50. The van der Waals surface area contributed by atoms with Crippen LogP contribution in [0.15, 0.2) is 24.5 Å². The van der Waals surface area contributed by atoms with E-state index in [1.54, 1.807) is 0 Å². The van der Waals surface area contributed by atoms with Gasteiger partial charge in [-0.15, -0.1) is 0 Å². The fourth-order valence-corrected chi connectivity index (χ4v) is 5.46. The van der Waals surface area contributed by atoms with Crippen molar-refractivity contribution in [3.63, 3.8) is 0 Å². The lowest BCUT2D eigenvalue weighted by Gasteiger charge is -2.43. The Kier molecular flexibility index (Phi) is 4.54. The molecule has 4 heterocycles. The zero-order valence-corrected chi connectivity index (χ0v) is 17.3. The van der Waals surface area contributed by atoms with Gasteiger partial charge in [0.15, 0.2) is 5.82 Å². The van der Waals surface area contributed by atoms with E-state index in [1.165, 1.54) is 32.1 Å². The average Bonchev–Trinajstić information content (AvgIpc) is 3.35. The molecule has 2 fully saturated rings. The molecule has 6 nitrogen and oxygen atoms in total. The quantitative estimate of drug-likeness (QED) is 0.699. The summed E-state index contributed by atoms with van der Waals surface area (Å²) in [6.07, 6.45) is 10.3. The maximum Gasteiger partial charge on any atom is 0.153 e. The minimum Gasteiger partial charge on any atom is -0.390 e. The molecule has 0 radical (unpaired) electrons. The van der Waals surface area contributed by atoms with Crippen LogP contribution in [0.5, 0.6) is 0 Å². The molecule has 1 saturated carbocycles. The molecule has 1 spiro atoms. The van der Waals surface area contributed by atoms with Crippen LogP contribution in [0, 0.1) is 18.3 Å². The molecular formula is C23H29N5O. The number of rotatable bonds is 3. The number of anilines is 1. The molecule has 0 aromatic carbocycles. The molecule has 29 heavy (non-hydrogen) atoms.